The second-order valence-corrected chi connectivity index (χ2v) is 17.1. The van der Waals surface area contributed by atoms with E-state index in [2.05, 4.69) is 152 Å². The summed E-state index contributed by atoms with van der Waals surface area (Å²) in [4.78, 5) is 15.2. The number of rotatable bonds is 5. The number of aromatic nitrogens is 3. The number of benzene rings is 11. The molecule has 0 aliphatic heterocycles. The SMILES string of the molecule is c1ccc(-c2nc(-c3ccc(-c4ccc(-c5cc6ccc7cccc8c9cccc%10ccc%11cccc(c(c5)c6c78)c%11c%109)cc4)cc3)nc(-c3cccc4oc5ccccc5c34)n2)cc1. The molecule has 0 amide bonds. The van der Waals surface area contributed by atoms with Crippen LogP contribution in [0.3, 0.4) is 0 Å². The van der Waals surface area contributed by atoms with Gasteiger partial charge in [-0.05, 0) is 111 Å². The summed E-state index contributed by atoms with van der Waals surface area (Å²) in [5, 5.41) is 17.5. The van der Waals surface area contributed by atoms with Gasteiger partial charge in [0.2, 0.25) is 0 Å². The quantitative estimate of drug-likeness (QED) is 0.162. The lowest BCUT2D eigenvalue weighted by Crippen LogP contribution is -2.00. The average Bonchev–Trinajstić information content (AvgIpc) is 3.76. The summed E-state index contributed by atoms with van der Waals surface area (Å²) in [6.07, 6.45) is 0. The fourth-order valence-corrected chi connectivity index (χ4v) is 10.4. The van der Waals surface area contributed by atoms with Gasteiger partial charge in [-0.25, -0.2) is 15.0 Å². The normalized spacial score (nSPS) is 12.0. The highest BCUT2D eigenvalue weighted by atomic mass is 16.3. The van der Waals surface area contributed by atoms with Gasteiger partial charge in [0.1, 0.15) is 11.2 Å². The Morgan fingerprint density at radius 1 is 0.246 bits per heavy atom. The predicted molar refractivity (Wildman–Crippen MR) is 271 cm³/mol. The molecule has 65 heavy (non-hydrogen) atoms. The Morgan fingerprint density at radius 3 is 1.32 bits per heavy atom. The summed E-state index contributed by atoms with van der Waals surface area (Å²) >= 11 is 0. The van der Waals surface area contributed by atoms with E-state index in [1.54, 1.807) is 0 Å². The fourth-order valence-electron chi connectivity index (χ4n) is 10.4. The smallest absolute Gasteiger partial charge is 0.164 e. The first-order valence-electron chi connectivity index (χ1n) is 22.1. The Hall–Kier alpha value is -8.73. The maximum atomic E-state index is 6.24. The van der Waals surface area contributed by atoms with Crippen molar-refractivity contribution in [2.24, 2.45) is 0 Å². The minimum Gasteiger partial charge on any atom is -0.456 e. The van der Waals surface area contributed by atoms with Crippen LogP contribution in [0.2, 0.25) is 0 Å². The van der Waals surface area contributed by atoms with Gasteiger partial charge in [-0.1, -0.05) is 188 Å². The standard InChI is InChI=1S/C61H35N3O/c1-2-10-42(11-3-1)59-62-60(64-61(63-59)50-19-9-21-53-58(50)49-15-4-5-20-52(49)65-53)43-31-26-37(27-32-43)36-22-24-38(25-23-36)45-34-44-33-30-41-13-7-17-47-46-16-6-12-39-28-29-40-14-8-18-48(56(40)54(39)46)51(35-45)57(44)55(41)47/h1-35H. The van der Waals surface area contributed by atoms with Gasteiger partial charge in [0.25, 0.3) is 0 Å². The summed E-state index contributed by atoms with van der Waals surface area (Å²) in [5.74, 6) is 1.84. The van der Waals surface area contributed by atoms with Crippen LogP contribution in [0.5, 0.6) is 0 Å². The Bertz CT molecular complexity index is 4200. The molecule has 4 nitrogen and oxygen atoms in total. The molecule has 0 N–H and O–H groups in total. The van der Waals surface area contributed by atoms with E-state index in [-0.39, 0.29) is 0 Å². The van der Waals surface area contributed by atoms with Crippen molar-refractivity contribution >= 4 is 86.6 Å². The van der Waals surface area contributed by atoms with E-state index in [4.69, 9.17) is 19.4 Å². The van der Waals surface area contributed by atoms with Crippen LogP contribution in [0.25, 0.3) is 143 Å². The molecule has 0 atom stereocenters. The lowest BCUT2D eigenvalue weighted by molar-refractivity contribution is 0.669. The third kappa shape index (κ3) is 5.54. The molecular formula is C61H35N3O. The van der Waals surface area contributed by atoms with Crippen LogP contribution in [0.15, 0.2) is 217 Å². The lowest BCUT2D eigenvalue weighted by atomic mass is 9.86. The van der Waals surface area contributed by atoms with Crippen LogP contribution in [0, 0.1) is 0 Å². The van der Waals surface area contributed by atoms with E-state index >= 15 is 0 Å². The molecule has 300 valence electrons. The van der Waals surface area contributed by atoms with Crippen molar-refractivity contribution in [3.63, 3.8) is 0 Å². The average molecular weight is 826 g/mol. The molecule has 0 bridgehead atoms. The summed E-state index contributed by atoms with van der Waals surface area (Å²) in [6, 6.07) is 76.1. The van der Waals surface area contributed by atoms with Crippen molar-refractivity contribution in [2.75, 3.05) is 0 Å². The molecule has 4 heteroatoms. The minimum atomic E-state index is 0.604. The topological polar surface area (TPSA) is 51.8 Å². The van der Waals surface area contributed by atoms with Gasteiger partial charge < -0.3 is 4.42 Å². The van der Waals surface area contributed by atoms with E-state index in [9.17, 15) is 0 Å². The monoisotopic (exact) mass is 825 g/mol. The number of hydrogen-bond donors (Lipinski definition) is 0. The van der Waals surface area contributed by atoms with Gasteiger partial charge in [0.15, 0.2) is 17.5 Å². The number of hydrogen-bond acceptors (Lipinski definition) is 4. The van der Waals surface area contributed by atoms with Gasteiger partial charge in [0, 0.05) is 27.5 Å². The first-order valence-corrected chi connectivity index (χ1v) is 22.1. The van der Waals surface area contributed by atoms with Gasteiger partial charge in [0.05, 0.1) is 0 Å². The Balaban J connectivity index is 0.872. The van der Waals surface area contributed by atoms with Crippen molar-refractivity contribution in [3.05, 3.63) is 212 Å². The molecule has 12 aromatic carbocycles. The van der Waals surface area contributed by atoms with Gasteiger partial charge >= 0.3 is 0 Å². The van der Waals surface area contributed by atoms with E-state index in [0.29, 0.717) is 17.5 Å². The van der Waals surface area contributed by atoms with Gasteiger partial charge in [-0.15, -0.1) is 0 Å². The second-order valence-electron chi connectivity index (χ2n) is 17.1. The molecule has 2 aromatic heterocycles. The van der Waals surface area contributed by atoms with Gasteiger partial charge in [-0.2, -0.15) is 0 Å². The van der Waals surface area contributed by atoms with Crippen LogP contribution in [0.4, 0.5) is 0 Å². The molecule has 0 aliphatic carbocycles. The molecule has 0 fully saturated rings. The van der Waals surface area contributed by atoms with Crippen molar-refractivity contribution in [2.45, 2.75) is 0 Å². The van der Waals surface area contributed by atoms with Crippen molar-refractivity contribution in [1.82, 2.24) is 15.0 Å². The second kappa shape index (κ2) is 13.9. The van der Waals surface area contributed by atoms with E-state index < -0.39 is 0 Å². The van der Waals surface area contributed by atoms with E-state index in [1.165, 1.54) is 75.8 Å². The van der Waals surface area contributed by atoms with Crippen LogP contribution in [-0.4, -0.2) is 15.0 Å². The van der Waals surface area contributed by atoms with E-state index in [1.807, 2.05) is 60.7 Å². The fraction of sp³-hybridized carbons (Fsp3) is 0. The van der Waals surface area contributed by atoms with Crippen LogP contribution >= 0.6 is 0 Å². The number of para-hydroxylation sites is 1. The number of nitrogens with zero attached hydrogens (tertiary/aromatic N) is 3. The Kier molecular flexibility index (Phi) is 7.65. The Labute approximate surface area is 373 Å². The molecule has 0 unspecified atom stereocenters. The largest absolute Gasteiger partial charge is 0.456 e. The highest BCUT2D eigenvalue weighted by Crippen LogP contribution is 2.45. The molecule has 0 saturated carbocycles. The maximum Gasteiger partial charge on any atom is 0.164 e. The van der Waals surface area contributed by atoms with Crippen molar-refractivity contribution in [3.8, 4) is 56.4 Å². The molecule has 0 radical (unpaired) electrons. The summed E-state index contributed by atoms with van der Waals surface area (Å²) in [5.41, 5.74) is 9.02. The molecule has 0 saturated heterocycles. The summed E-state index contributed by atoms with van der Waals surface area (Å²) in [7, 11) is 0. The summed E-state index contributed by atoms with van der Waals surface area (Å²) in [6.45, 7) is 0. The number of fused-ring (bicyclic) bond motifs is 5. The zero-order valence-electron chi connectivity index (χ0n) is 35.0. The van der Waals surface area contributed by atoms with Crippen LogP contribution in [-0.2, 0) is 0 Å². The first-order chi connectivity index (χ1) is 32.2. The van der Waals surface area contributed by atoms with Crippen molar-refractivity contribution in [1.29, 1.82) is 0 Å². The molecule has 0 aliphatic rings. The lowest BCUT2D eigenvalue weighted by Gasteiger charge is -2.17. The molecule has 14 aromatic rings. The zero-order chi connectivity index (χ0) is 42.6. The van der Waals surface area contributed by atoms with Crippen molar-refractivity contribution < 1.29 is 4.42 Å². The highest BCUT2D eigenvalue weighted by Gasteiger charge is 2.19. The molecular weight excluding hydrogens is 791 g/mol. The molecule has 2 heterocycles. The minimum absolute atomic E-state index is 0.604. The maximum absolute atomic E-state index is 6.24. The number of furan rings is 1. The predicted octanol–water partition coefficient (Wildman–Crippen LogP) is 16.5. The highest BCUT2D eigenvalue weighted by molar-refractivity contribution is 6.37. The van der Waals surface area contributed by atoms with E-state index in [0.717, 1.165) is 49.8 Å². The van der Waals surface area contributed by atoms with Crippen LogP contribution < -0.4 is 0 Å². The third-order valence-electron chi connectivity index (χ3n) is 13.4. The Morgan fingerprint density at radius 2 is 0.692 bits per heavy atom. The van der Waals surface area contributed by atoms with Gasteiger partial charge in [-0.3, -0.25) is 0 Å². The molecule has 14 rings (SSSR count). The molecule has 0 spiro atoms. The zero-order valence-corrected chi connectivity index (χ0v) is 35.0. The third-order valence-corrected chi connectivity index (χ3v) is 13.4. The first kappa shape index (κ1) is 35.8. The van der Waals surface area contributed by atoms with Crippen LogP contribution in [0.1, 0.15) is 0 Å². The summed E-state index contributed by atoms with van der Waals surface area (Å²) < 4.78 is 6.24.